The van der Waals surface area contributed by atoms with Crippen molar-refractivity contribution in [1.29, 1.82) is 0 Å². The Balaban J connectivity index is 1.39. The van der Waals surface area contributed by atoms with Gasteiger partial charge in [-0.25, -0.2) is 4.39 Å². The topological polar surface area (TPSA) is 84.9 Å². The lowest BCUT2D eigenvalue weighted by atomic mass is 10.1. The molecule has 0 saturated carbocycles. The monoisotopic (exact) mass is 370 g/mol. The van der Waals surface area contributed by atoms with Crippen molar-refractivity contribution in [3.8, 4) is 11.5 Å². The second kappa shape index (κ2) is 6.71. The molecular weight excluding hydrogens is 355 g/mol. The van der Waals surface area contributed by atoms with E-state index in [1.165, 1.54) is 12.1 Å². The van der Waals surface area contributed by atoms with Gasteiger partial charge in [0.25, 0.3) is 11.8 Å². The summed E-state index contributed by atoms with van der Waals surface area (Å²) >= 11 is 0. The van der Waals surface area contributed by atoms with Gasteiger partial charge in [0, 0.05) is 24.7 Å². The van der Waals surface area contributed by atoms with E-state index in [0.29, 0.717) is 30.4 Å². The van der Waals surface area contributed by atoms with E-state index in [1.807, 2.05) is 0 Å². The summed E-state index contributed by atoms with van der Waals surface area (Å²) in [6.45, 7) is 0.766. The van der Waals surface area contributed by atoms with Crippen molar-refractivity contribution in [2.45, 2.75) is 6.42 Å². The number of ether oxygens (including phenoxy) is 2. The highest BCUT2D eigenvalue weighted by atomic mass is 19.1. The van der Waals surface area contributed by atoms with E-state index >= 15 is 0 Å². The number of halogens is 1. The van der Waals surface area contributed by atoms with Gasteiger partial charge in [-0.2, -0.15) is 0 Å². The fraction of sp³-hybridized carbons (Fsp3) is 0.211. The van der Waals surface area contributed by atoms with Gasteiger partial charge in [-0.3, -0.25) is 19.3 Å². The molecule has 3 amide bonds. The maximum absolute atomic E-state index is 13.8. The van der Waals surface area contributed by atoms with Crippen molar-refractivity contribution in [2.75, 3.05) is 25.1 Å². The Bertz CT molecular complexity index is 959. The van der Waals surface area contributed by atoms with Gasteiger partial charge >= 0.3 is 0 Å². The number of benzene rings is 2. The van der Waals surface area contributed by atoms with Crippen LogP contribution in [0.25, 0.3) is 0 Å². The van der Waals surface area contributed by atoms with E-state index in [4.69, 9.17) is 9.47 Å². The summed E-state index contributed by atoms with van der Waals surface area (Å²) in [6.07, 6.45) is -0.110. The minimum absolute atomic E-state index is 0.0206. The summed E-state index contributed by atoms with van der Waals surface area (Å²) in [6, 6.07) is 8.90. The Kier molecular flexibility index (Phi) is 4.23. The predicted molar refractivity (Wildman–Crippen MR) is 92.4 cm³/mol. The molecule has 0 spiro atoms. The Morgan fingerprint density at radius 2 is 1.85 bits per heavy atom. The summed E-state index contributed by atoms with van der Waals surface area (Å²) in [5, 5.41) is 2.68. The zero-order valence-electron chi connectivity index (χ0n) is 14.2. The normalized spacial score (nSPS) is 14.9. The summed E-state index contributed by atoms with van der Waals surface area (Å²) in [5.41, 5.74) is 0.291. The molecule has 0 radical (unpaired) electrons. The third-order valence-corrected chi connectivity index (χ3v) is 4.34. The molecule has 2 aromatic carbocycles. The van der Waals surface area contributed by atoms with Crippen LogP contribution in [0.5, 0.6) is 11.5 Å². The third kappa shape index (κ3) is 3.10. The average Bonchev–Trinajstić information content (AvgIpc) is 2.91. The number of carbonyl (C=O) groups is 3. The van der Waals surface area contributed by atoms with Crippen LogP contribution < -0.4 is 14.8 Å². The zero-order valence-corrected chi connectivity index (χ0v) is 14.2. The van der Waals surface area contributed by atoms with Crippen LogP contribution in [-0.4, -0.2) is 42.4 Å². The Morgan fingerprint density at radius 1 is 1.07 bits per heavy atom. The molecule has 2 aliphatic rings. The maximum Gasteiger partial charge on any atom is 0.264 e. The number of amides is 3. The Labute approximate surface area is 153 Å². The smallest absolute Gasteiger partial charge is 0.264 e. The highest BCUT2D eigenvalue weighted by Crippen LogP contribution is 2.32. The lowest BCUT2D eigenvalue weighted by Gasteiger charge is -2.19. The Morgan fingerprint density at radius 3 is 2.63 bits per heavy atom. The number of fused-ring (bicyclic) bond motifs is 2. The van der Waals surface area contributed by atoms with Gasteiger partial charge in [-0.15, -0.1) is 0 Å². The van der Waals surface area contributed by atoms with Crippen LogP contribution >= 0.6 is 0 Å². The highest BCUT2D eigenvalue weighted by Gasteiger charge is 2.37. The molecule has 0 aromatic heterocycles. The first-order chi connectivity index (χ1) is 13.0. The van der Waals surface area contributed by atoms with Crippen molar-refractivity contribution in [3.05, 3.63) is 53.3 Å². The van der Waals surface area contributed by atoms with Gasteiger partial charge in [0.15, 0.2) is 11.5 Å². The highest BCUT2D eigenvalue weighted by molar-refractivity contribution is 6.21. The van der Waals surface area contributed by atoms with Crippen LogP contribution in [-0.2, 0) is 4.79 Å². The summed E-state index contributed by atoms with van der Waals surface area (Å²) in [7, 11) is 0. The quantitative estimate of drug-likeness (QED) is 0.835. The van der Waals surface area contributed by atoms with Crippen LogP contribution in [0.4, 0.5) is 10.1 Å². The largest absolute Gasteiger partial charge is 0.486 e. The molecule has 0 unspecified atom stereocenters. The zero-order chi connectivity index (χ0) is 19.0. The number of nitrogens with one attached hydrogen (secondary N) is 1. The van der Waals surface area contributed by atoms with Crippen LogP contribution in [0.15, 0.2) is 36.4 Å². The van der Waals surface area contributed by atoms with Gasteiger partial charge in [0.1, 0.15) is 19.0 Å². The minimum atomic E-state index is -0.742. The number of anilines is 1. The van der Waals surface area contributed by atoms with E-state index < -0.39 is 17.6 Å². The molecule has 4 rings (SSSR count). The molecule has 0 atom stereocenters. The van der Waals surface area contributed by atoms with Crippen LogP contribution in [0.2, 0.25) is 0 Å². The fourth-order valence-electron chi connectivity index (χ4n) is 3.05. The predicted octanol–water partition coefficient (Wildman–Crippen LogP) is 2.22. The van der Waals surface area contributed by atoms with Gasteiger partial charge in [0.05, 0.1) is 11.1 Å². The van der Waals surface area contributed by atoms with Gasteiger partial charge < -0.3 is 14.8 Å². The van der Waals surface area contributed by atoms with Crippen LogP contribution in [0, 0.1) is 5.82 Å². The van der Waals surface area contributed by atoms with Crippen LogP contribution in [0.1, 0.15) is 27.1 Å². The molecule has 0 fully saturated rings. The summed E-state index contributed by atoms with van der Waals surface area (Å²) < 4.78 is 24.7. The molecule has 0 saturated heterocycles. The molecular formula is C19H15FN2O5. The molecule has 138 valence electrons. The van der Waals surface area contributed by atoms with Gasteiger partial charge in [-0.1, -0.05) is 6.07 Å². The van der Waals surface area contributed by atoms with Gasteiger partial charge in [-0.05, 0) is 24.3 Å². The summed E-state index contributed by atoms with van der Waals surface area (Å²) in [4.78, 5) is 37.6. The first kappa shape index (κ1) is 17.0. The second-order valence-electron chi connectivity index (χ2n) is 6.08. The number of imide groups is 1. The van der Waals surface area contributed by atoms with Gasteiger partial charge in [0.2, 0.25) is 5.91 Å². The minimum Gasteiger partial charge on any atom is -0.486 e. The molecule has 27 heavy (non-hydrogen) atoms. The average molecular weight is 370 g/mol. The number of hydrogen-bond acceptors (Lipinski definition) is 5. The fourth-order valence-corrected chi connectivity index (χ4v) is 3.05. The molecule has 2 heterocycles. The summed E-state index contributed by atoms with van der Waals surface area (Å²) in [5.74, 6) is -1.30. The number of rotatable bonds is 4. The lowest BCUT2D eigenvalue weighted by Crippen LogP contribution is -2.33. The second-order valence-corrected chi connectivity index (χ2v) is 6.08. The maximum atomic E-state index is 13.8. The number of hydrogen-bond donors (Lipinski definition) is 1. The molecule has 0 aliphatic carbocycles. The first-order valence-corrected chi connectivity index (χ1v) is 8.39. The molecule has 0 bridgehead atoms. The van der Waals surface area contributed by atoms with E-state index in [9.17, 15) is 18.8 Å². The van der Waals surface area contributed by atoms with Crippen molar-refractivity contribution >= 4 is 23.4 Å². The van der Waals surface area contributed by atoms with E-state index in [-0.39, 0.29) is 30.0 Å². The number of nitrogens with zero attached hydrogens (tertiary/aromatic N) is 1. The van der Waals surface area contributed by atoms with E-state index in [1.54, 1.807) is 18.2 Å². The lowest BCUT2D eigenvalue weighted by molar-refractivity contribution is -0.116. The molecule has 1 N–H and O–H groups in total. The SMILES string of the molecule is O=C(CCN1C(=O)c2cccc(F)c2C1=O)Nc1ccc2c(c1)OCCO2. The van der Waals surface area contributed by atoms with Crippen molar-refractivity contribution in [2.24, 2.45) is 0 Å². The van der Waals surface area contributed by atoms with Crippen molar-refractivity contribution in [3.63, 3.8) is 0 Å². The Hall–Kier alpha value is -3.42. The van der Waals surface area contributed by atoms with Crippen molar-refractivity contribution < 1.29 is 28.2 Å². The van der Waals surface area contributed by atoms with Crippen LogP contribution in [0.3, 0.4) is 0 Å². The van der Waals surface area contributed by atoms with E-state index in [2.05, 4.69) is 5.32 Å². The van der Waals surface area contributed by atoms with Crippen molar-refractivity contribution in [1.82, 2.24) is 4.90 Å². The molecule has 8 heteroatoms. The molecule has 2 aliphatic heterocycles. The first-order valence-electron chi connectivity index (χ1n) is 8.39. The standard InChI is InChI=1S/C19H15FN2O5/c20-13-3-1-2-12-17(13)19(25)22(18(12)24)7-6-16(23)21-11-4-5-14-15(10-11)27-9-8-26-14/h1-5,10H,6-9H2,(H,21,23). The molecule has 2 aromatic rings. The number of carbonyl (C=O) groups excluding carboxylic acids is 3. The third-order valence-electron chi connectivity index (χ3n) is 4.34. The van der Waals surface area contributed by atoms with E-state index in [0.717, 1.165) is 11.0 Å². The molecule has 7 nitrogen and oxygen atoms in total.